The summed E-state index contributed by atoms with van der Waals surface area (Å²) in [4.78, 5) is 0. The van der Waals surface area contributed by atoms with Gasteiger partial charge >= 0.3 is 0 Å². The zero-order valence-electron chi connectivity index (χ0n) is 14.3. The van der Waals surface area contributed by atoms with Crippen molar-refractivity contribution in [3.05, 3.63) is 0 Å². The van der Waals surface area contributed by atoms with Gasteiger partial charge in [0.25, 0.3) is 0 Å². The molecule has 0 N–H and O–H groups in total. The van der Waals surface area contributed by atoms with Crippen molar-refractivity contribution in [3.63, 3.8) is 0 Å². The zero-order chi connectivity index (χ0) is 14.9. The van der Waals surface area contributed by atoms with E-state index in [0.717, 1.165) is 25.4 Å². The average molecular weight is 274 g/mol. The van der Waals surface area contributed by atoms with Crippen molar-refractivity contribution in [2.45, 2.75) is 85.2 Å². The predicted molar refractivity (Wildman–Crippen MR) is 85.8 cm³/mol. The van der Waals surface area contributed by atoms with Gasteiger partial charge in [-0.2, -0.15) is 0 Å². The Kier molecular flexibility index (Phi) is 20.0. The van der Waals surface area contributed by atoms with Gasteiger partial charge in [0, 0.05) is 20.8 Å². The molecule has 0 fully saturated rings. The van der Waals surface area contributed by atoms with Crippen molar-refractivity contribution in [3.8, 4) is 0 Å². The van der Waals surface area contributed by atoms with Crippen LogP contribution in [0.1, 0.15) is 79.1 Å². The smallest absolute Gasteiger partial charge is 0.0594 e. The van der Waals surface area contributed by atoms with E-state index in [-0.39, 0.29) is 0 Å². The maximum atomic E-state index is 5.44. The molecule has 0 aliphatic carbocycles. The number of hydrogen-bond acceptors (Lipinski definition) is 2. The molecular weight excluding hydrogens is 236 g/mol. The molecular formula is C17H38O2. The molecule has 0 aliphatic heterocycles. The van der Waals surface area contributed by atoms with E-state index < -0.39 is 0 Å². The van der Waals surface area contributed by atoms with Gasteiger partial charge in [-0.1, -0.05) is 59.8 Å². The lowest BCUT2D eigenvalue weighted by atomic mass is 9.95. The summed E-state index contributed by atoms with van der Waals surface area (Å²) in [7, 11) is 3.55. The van der Waals surface area contributed by atoms with Crippen LogP contribution in [0.15, 0.2) is 0 Å². The summed E-state index contributed by atoms with van der Waals surface area (Å²) in [5.74, 6) is 0.728. The van der Waals surface area contributed by atoms with Gasteiger partial charge in [0.1, 0.15) is 0 Å². The van der Waals surface area contributed by atoms with Crippen molar-refractivity contribution in [1.82, 2.24) is 0 Å². The lowest BCUT2D eigenvalue weighted by Gasteiger charge is -2.20. The normalized spacial score (nSPS) is 13.6. The molecule has 2 heteroatoms. The third-order valence-electron chi connectivity index (χ3n) is 3.51. The SMILES string of the molecule is CCCCCCCC(C)C(CC)OC.CCCOC. The third-order valence-corrected chi connectivity index (χ3v) is 3.51. The Morgan fingerprint density at radius 3 is 1.84 bits per heavy atom. The molecule has 0 heterocycles. The zero-order valence-corrected chi connectivity index (χ0v) is 14.3. The Bertz CT molecular complexity index is 142. The van der Waals surface area contributed by atoms with Gasteiger partial charge in [0.05, 0.1) is 6.10 Å². The second-order valence-electron chi connectivity index (χ2n) is 5.36. The van der Waals surface area contributed by atoms with Gasteiger partial charge in [0.15, 0.2) is 0 Å². The van der Waals surface area contributed by atoms with E-state index in [2.05, 4.69) is 27.7 Å². The standard InChI is InChI=1S/C13H28O.C4H10O/c1-5-7-8-9-10-11-12(3)13(6-2)14-4;1-3-4-5-2/h12-13H,5-11H2,1-4H3;3-4H2,1-2H3. The maximum Gasteiger partial charge on any atom is 0.0594 e. The highest BCUT2D eigenvalue weighted by Gasteiger charge is 2.13. The topological polar surface area (TPSA) is 18.5 Å². The van der Waals surface area contributed by atoms with Crippen molar-refractivity contribution in [2.75, 3.05) is 20.8 Å². The Hall–Kier alpha value is -0.0800. The first kappa shape index (κ1) is 21.2. The van der Waals surface area contributed by atoms with E-state index in [9.17, 15) is 0 Å². The van der Waals surface area contributed by atoms with Crippen LogP contribution in [0.2, 0.25) is 0 Å². The summed E-state index contributed by atoms with van der Waals surface area (Å²) < 4.78 is 10.1. The quantitative estimate of drug-likeness (QED) is 0.466. The molecule has 0 saturated heterocycles. The monoisotopic (exact) mass is 274 g/mol. The van der Waals surface area contributed by atoms with E-state index in [0.29, 0.717) is 6.10 Å². The molecule has 2 atom stereocenters. The molecule has 0 aromatic carbocycles. The first-order valence-electron chi connectivity index (χ1n) is 8.19. The minimum Gasteiger partial charge on any atom is -0.385 e. The first-order valence-corrected chi connectivity index (χ1v) is 8.19. The summed E-state index contributed by atoms with van der Waals surface area (Å²) in [6, 6.07) is 0. The van der Waals surface area contributed by atoms with Crippen molar-refractivity contribution >= 4 is 0 Å². The van der Waals surface area contributed by atoms with E-state index >= 15 is 0 Å². The third kappa shape index (κ3) is 15.9. The minimum absolute atomic E-state index is 0.473. The molecule has 0 saturated carbocycles. The fourth-order valence-corrected chi connectivity index (χ4v) is 2.26. The molecule has 0 bridgehead atoms. The summed E-state index contributed by atoms with van der Waals surface area (Å²) in [6.45, 7) is 9.77. The molecule has 0 spiro atoms. The Balaban J connectivity index is 0. The number of rotatable bonds is 11. The average Bonchev–Trinajstić information content (AvgIpc) is 2.41. The largest absolute Gasteiger partial charge is 0.385 e. The molecule has 118 valence electrons. The Morgan fingerprint density at radius 2 is 1.47 bits per heavy atom. The van der Waals surface area contributed by atoms with Crippen LogP contribution in [0.3, 0.4) is 0 Å². The molecule has 0 aliphatic rings. The highest BCUT2D eigenvalue weighted by atomic mass is 16.5. The molecule has 0 radical (unpaired) electrons. The van der Waals surface area contributed by atoms with E-state index in [4.69, 9.17) is 9.47 Å². The van der Waals surface area contributed by atoms with Crippen LogP contribution in [0.4, 0.5) is 0 Å². The molecule has 2 unspecified atom stereocenters. The van der Waals surface area contributed by atoms with Gasteiger partial charge in [-0.3, -0.25) is 0 Å². The minimum atomic E-state index is 0.473. The number of unbranched alkanes of at least 4 members (excludes halogenated alkanes) is 4. The predicted octanol–water partition coefficient (Wildman–Crippen LogP) is 5.45. The lowest BCUT2D eigenvalue weighted by molar-refractivity contribution is 0.0515. The maximum absolute atomic E-state index is 5.44. The molecule has 0 rings (SSSR count). The summed E-state index contributed by atoms with van der Waals surface area (Å²) in [5, 5.41) is 0. The molecule has 0 amide bonds. The van der Waals surface area contributed by atoms with Crippen LogP contribution in [0.5, 0.6) is 0 Å². The molecule has 0 aromatic rings. The Labute approximate surface area is 122 Å². The number of hydrogen-bond donors (Lipinski definition) is 0. The van der Waals surface area contributed by atoms with Gasteiger partial charge in [-0.15, -0.1) is 0 Å². The van der Waals surface area contributed by atoms with Gasteiger partial charge in [-0.25, -0.2) is 0 Å². The van der Waals surface area contributed by atoms with E-state index in [1.165, 1.54) is 38.5 Å². The van der Waals surface area contributed by atoms with Crippen LogP contribution >= 0.6 is 0 Å². The highest BCUT2D eigenvalue weighted by molar-refractivity contribution is 4.64. The van der Waals surface area contributed by atoms with E-state index in [1.807, 2.05) is 7.11 Å². The summed E-state index contributed by atoms with van der Waals surface area (Å²) >= 11 is 0. The molecule has 2 nitrogen and oxygen atoms in total. The number of methoxy groups -OCH3 is 2. The van der Waals surface area contributed by atoms with Crippen molar-refractivity contribution < 1.29 is 9.47 Å². The Morgan fingerprint density at radius 1 is 0.842 bits per heavy atom. The van der Waals surface area contributed by atoms with Crippen LogP contribution < -0.4 is 0 Å². The fraction of sp³-hybridized carbons (Fsp3) is 1.00. The van der Waals surface area contributed by atoms with Crippen molar-refractivity contribution in [1.29, 1.82) is 0 Å². The van der Waals surface area contributed by atoms with Crippen LogP contribution in [-0.4, -0.2) is 26.9 Å². The lowest BCUT2D eigenvalue weighted by Crippen LogP contribution is -2.19. The first-order chi connectivity index (χ1) is 9.17. The van der Waals surface area contributed by atoms with Crippen LogP contribution in [0, 0.1) is 5.92 Å². The van der Waals surface area contributed by atoms with Crippen LogP contribution in [-0.2, 0) is 9.47 Å². The van der Waals surface area contributed by atoms with Gasteiger partial charge in [0.2, 0.25) is 0 Å². The number of ether oxygens (including phenoxy) is 2. The van der Waals surface area contributed by atoms with Gasteiger partial charge < -0.3 is 9.47 Å². The van der Waals surface area contributed by atoms with E-state index in [1.54, 1.807) is 7.11 Å². The summed E-state index contributed by atoms with van der Waals surface area (Å²) in [5.41, 5.74) is 0. The second kappa shape index (κ2) is 17.9. The summed E-state index contributed by atoms with van der Waals surface area (Å²) in [6.07, 6.45) is 11.0. The van der Waals surface area contributed by atoms with Gasteiger partial charge in [-0.05, 0) is 25.2 Å². The molecule has 0 aromatic heterocycles. The van der Waals surface area contributed by atoms with Crippen molar-refractivity contribution in [2.24, 2.45) is 5.92 Å². The highest BCUT2D eigenvalue weighted by Crippen LogP contribution is 2.18. The molecule has 19 heavy (non-hydrogen) atoms. The second-order valence-corrected chi connectivity index (χ2v) is 5.36. The van der Waals surface area contributed by atoms with Crippen LogP contribution in [0.25, 0.3) is 0 Å². The fourth-order valence-electron chi connectivity index (χ4n) is 2.26.